The highest BCUT2D eigenvalue weighted by Gasteiger charge is 2.04. The zero-order chi connectivity index (χ0) is 10.6. The summed E-state index contributed by atoms with van der Waals surface area (Å²) in [6.07, 6.45) is 1.58. The van der Waals surface area contributed by atoms with Crippen molar-refractivity contribution in [3.8, 4) is 0 Å². The van der Waals surface area contributed by atoms with Gasteiger partial charge in [-0.2, -0.15) is 0 Å². The lowest BCUT2D eigenvalue weighted by Crippen LogP contribution is -2.16. The van der Waals surface area contributed by atoms with E-state index in [4.69, 9.17) is 11.6 Å². The van der Waals surface area contributed by atoms with Crippen molar-refractivity contribution in [3.63, 3.8) is 0 Å². The van der Waals surface area contributed by atoms with Gasteiger partial charge in [0.2, 0.25) is 5.28 Å². The first-order valence-corrected chi connectivity index (χ1v) is 4.31. The van der Waals surface area contributed by atoms with Crippen molar-refractivity contribution in [2.45, 2.75) is 6.92 Å². The Labute approximate surface area is 86.5 Å². The number of methoxy groups -OCH3 is 1. The standard InChI is InChI=1S/C8H10ClN3O2/c1-5-3-11-8(9)12-7(5)10-4-6(13)14-2/h3H,4H2,1-2H3,(H,10,11,12). The number of ether oxygens (including phenoxy) is 1. The number of nitrogens with zero attached hydrogens (tertiary/aromatic N) is 2. The topological polar surface area (TPSA) is 64.1 Å². The van der Waals surface area contributed by atoms with Crippen LogP contribution < -0.4 is 5.32 Å². The van der Waals surface area contributed by atoms with E-state index in [0.717, 1.165) is 5.56 Å². The minimum Gasteiger partial charge on any atom is -0.468 e. The Kier molecular flexibility index (Phi) is 3.64. The van der Waals surface area contributed by atoms with Crippen LogP contribution in [0, 0.1) is 6.92 Å². The van der Waals surface area contributed by atoms with Gasteiger partial charge in [-0.25, -0.2) is 9.97 Å². The maximum atomic E-state index is 10.8. The van der Waals surface area contributed by atoms with Gasteiger partial charge in [0.1, 0.15) is 12.4 Å². The SMILES string of the molecule is COC(=O)CNc1nc(Cl)ncc1C. The van der Waals surface area contributed by atoms with Crippen molar-refractivity contribution in [1.29, 1.82) is 0 Å². The van der Waals surface area contributed by atoms with E-state index in [2.05, 4.69) is 20.0 Å². The number of aryl methyl sites for hydroxylation is 1. The largest absolute Gasteiger partial charge is 0.468 e. The molecule has 5 nitrogen and oxygen atoms in total. The first-order chi connectivity index (χ1) is 6.63. The maximum absolute atomic E-state index is 10.8. The lowest BCUT2D eigenvalue weighted by molar-refractivity contribution is -0.138. The molecule has 0 atom stereocenters. The normalized spacial score (nSPS) is 9.64. The number of nitrogens with one attached hydrogen (secondary N) is 1. The van der Waals surface area contributed by atoms with Crippen LogP contribution in [0.2, 0.25) is 5.28 Å². The molecule has 0 aromatic carbocycles. The molecule has 1 aromatic rings. The van der Waals surface area contributed by atoms with E-state index in [1.807, 2.05) is 6.92 Å². The van der Waals surface area contributed by atoms with E-state index in [1.54, 1.807) is 6.20 Å². The molecule has 0 aliphatic carbocycles. The van der Waals surface area contributed by atoms with E-state index in [1.165, 1.54) is 7.11 Å². The third kappa shape index (κ3) is 2.85. The fourth-order valence-electron chi connectivity index (χ4n) is 0.828. The number of hydrogen-bond acceptors (Lipinski definition) is 5. The monoisotopic (exact) mass is 215 g/mol. The fraction of sp³-hybridized carbons (Fsp3) is 0.375. The molecule has 1 heterocycles. The highest BCUT2D eigenvalue weighted by atomic mass is 35.5. The van der Waals surface area contributed by atoms with Crippen LogP contribution >= 0.6 is 11.6 Å². The third-order valence-electron chi connectivity index (χ3n) is 1.57. The van der Waals surface area contributed by atoms with Gasteiger partial charge in [-0.1, -0.05) is 0 Å². The number of carbonyl (C=O) groups excluding carboxylic acids is 1. The van der Waals surface area contributed by atoms with Crippen molar-refractivity contribution >= 4 is 23.4 Å². The molecule has 6 heteroatoms. The molecule has 0 aliphatic rings. The van der Waals surface area contributed by atoms with Gasteiger partial charge in [-0.15, -0.1) is 0 Å². The number of esters is 1. The lowest BCUT2D eigenvalue weighted by atomic mass is 10.3. The quantitative estimate of drug-likeness (QED) is 0.603. The molecule has 0 bridgehead atoms. The van der Waals surface area contributed by atoms with Crippen molar-refractivity contribution in [2.24, 2.45) is 0 Å². The summed E-state index contributed by atoms with van der Waals surface area (Å²) in [5.41, 5.74) is 0.818. The Morgan fingerprint density at radius 3 is 3.07 bits per heavy atom. The van der Waals surface area contributed by atoms with E-state index >= 15 is 0 Å². The van der Waals surface area contributed by atoms with Crippen molar-refractivity contribution in [3.05, 3.63) is 17.0 Å². The molecule has 76 valence electrons. The Morgan fingerprint density at radius 1 is 1.71 bits per heavy atom. The average molecular weight is 216 g/mol. The summed E-state index contributed by atoms with van der Waals surface area (Å²) in [7, 11) is 1.32. The molecule has 0 radical (unpaired) electrons. The smallest absolute Gasteiger partial charge is 0.325 e. The second kappa shape index (κ2) is 4.76. The first-order valence-electron chi connectivity index (χ1n) is 3.93. The molecule has 0 amide bonds. The molecule has 0 saturated heterocycles. The molecule has 1 rings (SSSR count). The van der Waals surface area contributed by atoms with E-state index < -0.39 is 0 Å². The predicted octanol–water partition coefficient (Wildman–Crippen LogP) is 1.02. The molecule has 1 aromatic heterocycles. The molecule has 0 spiro atoms. The van der Waals surface area contributed by atoms with E-state index in [9.17, 15) is 4.79 Å². The number of hydrogen-bond donors (Lipinski definition) is 1. The summed E-state index contributed by atoms with van der Waals surface area (Å²) in [5.74, 6) is 0.175. The molecule has 0 aliphatic heterocycles. The summed E-state index contributed by atoms with van der Waals surface area (Å²) in [4.78, 5) is 18.5. The Bertz CT molecular complexity index is 343. The Balaban J connectivity index is 2.66. The number of rotatable bonds is 3. The van der Waals surface area contributed by atoms with Gasteiger partial charge in [0.25, 0.3) is 0 Å². The van der Waals surface area contributed by atoms with Gasteiger partial charge < -0.3 is 10.1 Å². The summed E-state index contributed by atoms with van der Waals surface area (Å²) in [6.45, 7) is 1.88. The average Bonchev–Trinajstić information content (AvgIpc) is 2.19. The van der Waals surface area contributed by atoms with Gasteiger partial charge >= 0.3 is 5.97 Å². The van der Waals surface area contributed by atoms with Gasteiger partial charge in [0.15, 0.2) is 0 Å². The zero-order valence-electron chi connectivity index (χ0n) is 7.87. The van der Waals surface area contributed by atoms with Crippen LogP contribution in [0.15, 0.2) is 6.20 Å². The van der Waals surface area contributed by atoms with Gasteiger partial charge in [0.05, 0.1) is 7.11 Å². The highest BCUT2D eigenvalue weighted by molar-refractivity contribution is 6.28. The predicted molar refractivity (Wildman–Crippen MR) is 52.3 cm³/mol. The van der Waals surface area contributed by atoms with Crippen LogP contribution in [0.3, 0.4) is 0 Å². The molecular formula is C8H10ClN3O2. The second-order valence-corrected chi connectivity index (χ2v) is 2.94. The van der Waals surface area contributed by atoms with Crippen LogP contribution in [0.4, 0.5) is 5.82 Å². The highest BCUT2D eigenvalue weighted by Crippen LogP contribution is 2.11. The molecule has 14 heavy (non-hydrogen) atoms. The maximum Gasteiger partial charge on any atom is 0.325 e. The van der Waals surface area contributed by atoms with Gasteiger partial charge in [0, 0.05) is 11.8 Å². The van der Waals surface area contributed by atoms with Crippen LogP contribution in [0.1, 0.15) is 5.56 Å². The van der Waals surface area contributed by atoms with Crippen LogP contribution in [-0.2, 0) is 9.53 Å². The minimum absolute atomic E-state index is 0.0602. The Morgan fingerprint density at radius 2 is 2.43 bits per heavy atom. The second-order valence-electron chi connectivity index (χ2n) is 2.60. The summed E-state index contributed by atoms with van der Waals surface area (Å²) in [6, 6.07) is 0. The summed E-state index contributed by atoms with van der Waals surface area (Å²) >= 11 is 5.59. The van der Waals surface area contributed by atoms with Gasteiger partial charge in [-0.3, -0.25) is 4.79 Å². The van der Waals surface area contributed by atoms with Crippen molar-refractivity contribution < 1.29 is 9.53 Å². The van der Waals surface area contributed by atoms with Crippen LogP contribution in [-0.4, -0.2) is 29.6 Å². The first kappa shape index (κ1) is 10.7. The molecule has 0 unspecified atom stereocenters. The minimum atomic E-state index is -0.362. The molecular weight excluding hydrogens is 206 g/mol. The molecule has 0 saturated carbocycles. The summed E-state index contributed by atoms with van der Waals surface area (Å²) < 4.78 is 4.46. The van der Waals surface area contributed by atoms with Crippen molar-refractivity contribution in [1.82, 2.24) is 9.97 Å². The van der Waals surface area contributed by atoms with Crippen molar-refractivity contribution in [2.75, 3.05) is 19.0 Å². The van der Waals surface area contributed by atoms with Crippen LogP contribution in [0.5, 0.6) is 0 Å². The zero-order valence-corrected chi connectivity index (χ0v) is 8.63. The van der Waals surface area contributed by atoms with E-state index in [-0.39, 0.29) is 17.8 Å². The molecule has 1 N–H and O–H groups in total. The third-order valence-corrected chi connectivity index (χ3v) is 1.75. The van der Waals surface area contributed by atoms with E-state index in [0.29, 0.717) is 5.82 Å². The number of aromatic nitrogens is 2. The number of anilines is 1. The number of halogens is 1. The molecule has 0 fully saturated rings. The van der Waals surface area contributed by atoms with Gasteiger partial charge in [-0.05, 0) is 18.5 Å². The Hall–Kier alpha value is -1.36. The lowest BCUT2D eigenvalue weighted by Gasteiger charge is -2.06. The summed E-state index contributed by atoms with van der Waals surface area (Å²) in [5, 5.41) is 2.94. The van der Waals surface area contributed by atoms with Crippen LogP contribution in [0.25, 0.3) is 0 Å². The fourth-order valence-corrected chi connectivity index (χ4v) is 0.961. The number of carbonyl (C=O) groups is 1.